The molecular weight excluding hydrogens is 367 g/mol. The first-order valence-corrected chi connectivity index (χ1v) is 10.4. The fraction of sp³-hybridized carbons (Fsp3) is 0.417. The second kappa shape index (κ2) is 8.36. The maximum atomic E-state index is 14.5. The SMILES string of the molecule is O=C1CCC2(CCN(C(=O)CC(c3ccccc3)c3ccccc3F)CC2)CN1. The third-order valence-electron chi connectivity index (χ3n) is 6.58. The summed E-state index contributed by atoms with van der Waals surface area (Å²) in [6.07, 6.45) is 3.57. The number of carbonyl (C=O) groups is 2. The third kappa shape index (κ3) is 4.34. The van der Waals surface area contributed by atoms with Crippen LogP contribution >= 0.6 is 0 Å². The molecule has 5 heteroatoms. The first kappa shape index (κ1) is 19.6. The molecule has 2 aliphatic rings. The number of rotatable bonds is 4. The van der Waals surface area contributed by atoms with Gasteiger partial charge in [0.2, 0.25) is 11.8 Å². The van der Waals surface area contributed by atoms with E-state index in [-0.39, 0.29) is 35.4 Å². The van der Waals surface area contributed by atoms with Crippen molar-refractivity contribution >= 4 is 11.8 Å². The number of benzene rings is 2. The second-order valence-corrected chi connectivity index (χ2v) is 8.35. The van der Waals surface area contributed by atoms with E-state index in [4.69, 9.17) is 0 Å². The van der Waals surface area contributed by atoms with Crippen molar-refractivity contribution in [2.24, 2.45) is 5.41 Å². The summed E-state index contributed by atoms with van der Waals surface area (Å²) in [6, 6.07) is 16.4. The van der Waals surface area contributed by atoms with Crippen molar-refractivity contribution in [2.45, 2.75) is 38.0 Å². The highest BCUT2D eigenvalue weighted by atomic mass is 19.1. The minimum Gasteiger partial charge on any atom is -0.356 e. The minimum atomic E-state index is -0.297. The molecule has 152 valence electrons. The Morgan fingerprint density at radius 1 is 1.03 bits per heavy atom. The molecule has 0 saturated carbocycles. The van der Waals surface area contributed by atoms with E-state index < -0.39 is 0 Å². The molecule has 1 spiro atoms. The molecule has 0 bridgehead atoms. The van der Waals surface area contributed by atoms with E-state index in [9.17, 15) is 14.0 Å². The topological polar surface area (TPSA) is 49.4 Å². The highest BCUT2D eigenvalue weighted by Crippen LogP contribution is 2.38. The summed E-state index contributed by atoms with van der Waals surface area (Å²) in [4.78, 5) is 26.5. The molecule has 2 aromatic carbocycles. The molecule has 1 N–H and O–H groups in total. The molecule has 0 aromatic heterocycles. The van der Waals surface area contributed by atoms with E-state index in [2.05, 4.69) is 5.32 Å². The van der Waals surface area contributed by atoms with Gasteiger partial charge in [0.25, 0.3) is 0 Å². The van der Waals surface area contributed by atoms with Crippen molar-refractivity contribution in [3.63, 3.8) is 0 Å². The highest BCUT2D eigenvalue weighted by molar-refractivity contribution is 5.78. The number of likely N-dealkylation sites (tertiary alicyclic amines) is 1. The number of nitrogens with one attached hydrogen (secondary N) is 1. The van der Waals surface area contributed by atoms with Gasteiger partial charge in [-0.1, -0.05) is 48.5 Å². The lowest BCUT2D eigenvalue weighted by molar-refractivity contribution is -0.135. The molecule has 2 saturated heterocycles. The number of amides is 2. The highest BCUT2D eigenvalue weighted by Gasteiger charge is 2.39. The normalized spacial score (nSPS) is 19.6. The van der Waals surface area contributed by atoms with Gasteiger partial charge in [0.05, 0.1) is 0 Å². The van der Waals surface area contributed by atoms with Gasteiger partial charge in [-0.3, -0.25) is 9.59 Å². The van der Waals surface area contributed by atoms with Gasteiger partial charge in [-0.05, 0) is 41.9 Å². The number of halogens is 1. The molecule has 2 aliphatic heterocycles. The zero-order chi connectivity index (χ0) is 20.3. The quantitative estimate of drug-likeness (QED) is 0.856. The molecule has 2 aromatic rings. The summed E-state index contributed by atoms with van der Waals surface area (Å²) in [5, 5.41) is 2.98. The van der Waals surface area contributed by atoms with Crippen LogP contribution in [0, 0.1) is 11.2 Å². The Morgan fingerprint density at radius 2 is 1.72 bits per heavy atom. The van der Waals surface area contributed by atoms with Gasteiger partial charge >= 0.3 is 0 Å². The van der Waals surface area contributed by atoms with Crippen molar-refractivity contribution in [1.82, 2.24) is 10.2 Å². The molecule has 1 unspecified atom stereocenters. The number of piperidine rings is 2. The van der Waals surface area contributed by atoms with E-state index in [1.165, 1.54) is 6.07 Å². The van der Waals surface area contributed by atoms with Crippen LogP contribution in [-0.2, 0) is 9.59 Å². The van der Waals surface area contributed by atoms with Crippen molar-refractivity contribution in [1.29, 1.82) is 0 Å². The Balaban J connectivity index is 1.46. The first-order chi connectivity index (χ1) is 14.1. The van der Waals surface area contributed by atoms with Crippen LogP contribution < -0.4 is 5.32 Å². The lowest BCUT2D eigenvalue weighted by Gasteiger charge is -2.44. The Kier molecular flexibility index (Phi) is 5.65. The molecule has 2 fully saturated rings. The molecule has 0 radical (unpaired) electrons. The van der Waals surface area contributed by atoms with Gasteiger partial charge in [-0.2, -0.15) is 0 Å². The van der Waals surface area contributed by atoms with Crippen LogP contribution in [0.4, 0.5) is 4.39 Å². The standard InChI is InChI=1S/C24H27FN2O2/c25-21-9-5-4-8-19(21)20(18-6-2-1-3-7-18)16-23(29)27-14-12-24(13-15-27)11-10-22(28)26-17-24/h1-9,20H,10-17H2,(H,26,28). The zero-order valence-electron chi connectivity index (χ0n) is 16.6. The zero-order valence-corrected chi connectivity index (χ0v) is 16.6. The van der Waals surface area contributed by atoms with E-state index >= 15 is 0 Å². The second-order valence-electron chi connectivity index (χ2n) is 8.35. The predicted octanol–water partition coefficient (Wildman–Crippen LogP) is 3.87. The summed E-state index contributed by atoms with van der Waals surface area (Å²) in [7, 11) is 0. The van der Waals surface area contributed by atoms with Gasteiger partial charge in [0.15, 0.2) is 0 Å². The first-order valence-electron chi connectivity index (χ1n) is 10.4. The Bertz CT molecular complexity index is 863. The molecule has 29 heavy (non-hydrogen) atoms. The maximum absolute atomic E-state index is 14.5. The Labute approximate surface area is 171 Å². The van der Waals surface area contributed by atoms with Gasteiger partial charge in [-0.25, -0.2) is 4.39 Å². The van der Waals surface area contributed by atoms with E-state index in [0.29, 0.717) is 25.1 Å². The lowest BCUT2D eigenvalue weighted by atomic mass is 9.73. The van der Waals surface area contributed by atoms with Gasteiger partial charge in [0.1, 0.15) is 5.82 Å². The van der Waals surface area contributed by atoms with Gasteiger partial charge < -0.3 is 10.2 Å². The molecule has 2 heterocycles. The number of hydrogen-bond donors (Lipinski definition) is 1. The van der Waals surface area contributed by atoms with Crippen LogP contribution in [0.5, 0.6) is 0 Å². The summed E-state index contributed by atoms with van der Waals surface area (Å²) in [6.45, 7) is 2.12. The molecule has 4 rings (SSSR count). The summed E-state index contributed by atoms with van der Waals surface area (Å²) < 4.78 is 14.5. The fourth-order valence-corrected chi connectivity index (χ4v) is 4.65. The minimum absolute atomic E-state index is 0.0665. The molecule has 0 aliphatic carbocycles. The number of nitrogens with zero attached hydrogens (tertiary/aromatic N) is 1. The Hall–Kier alpha value is -2.69. The van der Waals surface area contributed by atoms with Crippen LogP contribution in [0.2, 0.25) is 0 Å². The smallest absolute Gasteiger partial charge is 0.223 e. The van der Waals surface area contributed by atoms with Crippen LogP contribution in [-0.4, -0.2) is 36.3 Å². The van der Waals surface area contributed by atoms with Gasteiger partial charge in [0, 0.05) is 38.4 Å². The van der Waals surface area contributed by atoms with E-state index in [1.54, 1.807) is 12.1 Å². The van der Waals surface area contributed by atoms with E-state index in [1.807, 2.05) is 41.3 Å². The Morgan fingerprint density at radius 3 is 2.38 bits per heavy atom. The molecular formula is C24H27FN2O2. The number of hydrogen-bond acceptors (Lipinski definition) is 2. The van der Waals surface area contributed by atoms with Crippen LogP contribution in [0.1, 0.15) is 49.1 Å². The molecule has 4 nitrogen and oxygen atoms in total. The van der Waals surface area contributed by atoms with E-state index in [0.717, 1.165) is 31.4 Å². The number of carbonyl (C=O) groups excluding carboxylic acids is 2. The average Bonchev–Trinajstić information content (AvgIpc) is 2.76. The van der Waals surface area contributed by atoms with Crippen LogP contribution in [0.25, 0.3) is 0 Å². The summed E-state index contributed by atoms with van der Waals surface area (Å²) in [5.41, 5.74) is 1.65. The maximum Gasteiger partial charge on any atom is 0.223 e. The molecule has 2 amide bonds. The summed E-state index contributed by atoms with van der Waals surface area (Å²) >= 11 is 0. The monoisotopic (exact) mass is 394 g/mol. The van der Waals surface area contributed by atoms with Crippen LogP contribution in [0.15, 0.2) is 54.6 Å². The van der Waals surface area contributed by atoms with Crippen molar-refractivity contribution in [2.75, 3.05) is 19.6 Å². The van der Waals surface area contributed by atoms with Crippen molar-refractivity contribution in [3.8, 4) is 0 Å². The van der Waals surface area contributed by atoms with Gasteiger partial charge in [-0.15, -0.1) is 0 Å². The van der Waals surface area contributed by atoms with Crippen molar-refractivity contribution < 1.29 is 14.0 Å². The van der Waals surface area contributed by atoms with Crippen LogP contribution in [0.3, 0.4) is 0 Å². The summed E-state index contributed by atoms with van der Waals surface area (Å²) in [5.74, 6) is -0.374. The average molecular weight is 394 g/mol. The fourth-order valence-electron chi connectivity index (χ4n) is 4.65. The molecule has 1 atom stereocenters. The lowest BCUT2D eigenvalue weighted by Crippen LogP contribution is -2.50. The third-order valence-corrected chi connectivity index (χ3v) is 6.58. The predicted molar refractivity (Wildman–Crippen MR) is 110 cm³/mol. The largest absolute Gasteiger partial charge is 0.356 e. The van der Waals surface area contributed by atoms with Crippen molar-refractivity contribution in [3.05, 3.63) is 71.5 Å².